The number of likely N-dealkylation sites (tertiary alicyclic amines) is 1. The molecule has 0 saturated carbocycles. The molecule has 2 N–H and O–H groups in total. The number of piperidine rings is 1. The van der Waals surface area contributed by atoms with Crippen molar-refractivity contribution in [2.75, 3.05) is 26.2 Å². The van der Waals surface area contributed by atoms with Crippen molar-refractivity contribution in [3.8, 4) is 0 Å². The highest BCUT2D eigenvalue weighted by atomic mass is 16.2. The first-order valence-electron chi connectivity index (χ1n) is 8.41. The molecule has 1 aromatic heterocycles. The topological polar surface area (TPSA) is 81.3 Å². The Morgan fingerprint density at radius 2 is 2.00 bits per heavy atom. The Kier molecular flexibility index (Phi) is 4.66. The summed E-state index contributed by atoms with van der Waals surface area (Å²) >= 11 is 0. The number of amides is 2. The standard InChI is InChI=1S/C16H25N5O2/c1-11-10-14(22)19-15(18-11)12(2)20-8-4-13(5-9-20)21-7-3-6-17-16(21)23/h10,12-13H,3-9H2,1-2H3,(H,17,23)(H,18,19,22). The monoisotopic (exact) mass is 319 g/mol. The fraction of sp³-hybridized carbons (Fsp3) is 0.688. The second-order valence-corrected chi connectivity index (χ2v) is 6.49. The van der Waals surface area contributed by atoms with E-state index in [9.17, 15) is 9.59 Å². The van der Waals surface area contributed by atoms with E-state index in [1.54, 1.807) is 0 Å². The summed E-state index contributed by atoms with van der Waals surface area (Å²) in [5, 5.41) is 2.93. The van der Waals surface area contributed by atoms with Crippen molar-refractivity contribution in [2.24, 2.45) is 0 Å². The summed E-state index contributed by atoms with van der Waals surface area (Å²) < 4.78 is 0. The van der Waals surface area contributed by atoms with Crippen molar-refractivity contribution < 1.29 is 4.79 Å². The Morgan fingerprint density at radius 1 is 1.26 bits per heavy atom. The van der Waals surface area contributed by atoms with E-state index >= 15 is 0 Å². The van der Waals surface area contributed by atoms with E-state index in [0.717, 1.165) is 57.0 Å². The molecule has 2 saturated heterocycles. The van der Waals surface area contributed by atoms with Crippen molar-refractivity contribution in [3.63, 3.8) is 0 Å². The predicted octanol–water partition coefficient (Wildman–Crippen LogP) is 1.02. The van der Waals surface area contributed by atoms with Crippen LogP contribution in [0.1, 0.15) is 43.7 Å². The van der Waals surface area contributed by atoms with Gasteiger partial charge < -0.3 is 15.2 Å². The number of rotatable bonds is 3. The molecule has 2 fully saturated rings. The maximum atomic E-state index is 12.0. The van der Waals surface area contributed by atoms with E-state index in [2.05, 4.69) is 27.1 Å². The molecule has 0 radical (unpaired) electrons. The van der Waals surface area contributed by atoms with E-state index in [1.165, 1.54) is 6.07 Å². The number of nitrogens with one attached hydrogen (secondary N) is 2. The predicted molar refractivity (Wildman–Crippen MR) is 87.3 cm³/mol. The first-order valence-corrected chi connectivity index (χ1v) is 8.41. The summed E-state index contributed by atoms with van der Waals surface area (Å²) in [7, 11) is 0. The fourth-order valence-corrected chi connectivity index (χ4v) is 3.55. The van der Waals surface area contributed by atoms with E-state index in [4.69, 9.17) is 0 Å². The zero-order valence-corrected chi connectivity index (χ0v) is 13.8. The number of hydrogen-bond donors (Lipinski definition) is 2. The number of urea groups is 1. The Morgan fingerprint density at radius 3 is 2.65 bits per heavy atom. The third-order valence-electron chi connectivity index (χ3n) is 4.88. The lowest BCUT2D eigenvalue weighted by molar-refractivity contribution is 0.0918. The maximum absolute atomic E-state index is 12.0. The van der Waals surface area contributed by atoms with Gasteiger partial charge in [0.15, 0.2) is 0 Å². The van der Waals surface area contributed by atoms with Gasteiger partial charge in [-0.15, -0.1) is 0 Å². The van der Waals surface area contributed by atoms with Gasteiger partial charge in [0.05, 0.1) is 6.04 Å². The molecule has 7 heteroatoms. The van der Waals surface area contributed by atoms with E-state index in [0.29, 0.717) is 6.04 Å². The van der Waals surface area contributed by atoms with Gasteiger partial charge in [0.25, 0.3) is 5.56 Å². The smallest absolute Gasteiger partial charge is 0.317 e. The van der Waals surface area contributed by atoms with E-state index in [-0.39, 0.29) is 17.6 Å². The zero-order chi connectivity index (χ0) is 16.4. The van der Waals surface area contributed by atoms with Gasteiger partial charge in [-0.05, 0) is 33.1 Å². The number of carbonyl (C=O) groups is 1. The molecule has 1 unspecified atom stereocenters. The number of carbonyl (C=O) groups excluding carboxylic acids is 1. The molecule has 1 aromatic rings. The molecule has 2 amide bonds. The molecule has 0 aromatic carbocycles. The number of aromatic amines is 1. The Hall–Kier alpha value is -1.89. The number of hydrogen-bond acceptors (Lipinski definition) is 4. The van der Waals surface area contributed by atoms with E-state index in [1.807, 2.05) is 11.8 Å². The zero-order valence-electron chi connectivity index (χ0n) is 13.8. The SMILES string of the molecule is Cc1cc(=O)[nH]c(C(C)N2CCC(N3CCCNC3=O)CC2)n1. The lowest BCUT2D eigenvalue weighted by Gasteiger charge is -2.41. The van der Waals surface area contributed by atoms with Crippen molar-refractivity contribution in [3.05, 3.63) is 27.9 Å². The second-order valence-electron chi connectivity index (χ2n) is 6.49. The van der Waals surface area contributed by atoms with Crippen LogP contribution in [0, 0.1) is 6.92 Å². The summed E-state index contributed by atoms with van der Waals surface area (Å²) in [5.74, 6) is 0.726. The molecule has 0 spiro atoms. The molecule has 3 heterocycles. The third kappa shape index (κ3) is 3.55. The molecular formula is C16H25N5O2. The number of aromatic nitrogens is 2. The van der Waals surface area contributed by atoms with Gasteiger partial charge in [-0.2, -0.15) is 0 Å². The summed E-state index contributed by atoms with van der Waals surface area (Å²) in [6.45, 7) is 7.38. The minimum atomic E-state index is -0.0979. The highest BCUT2D eigenvalue weighted by molar-refractivity contribution is 5.75. The van der Waals surface area contributed by atoms with Crippen LogP contribution in [0.4, 0.5) is 4.79 Å². The minimum absolute atomic E-state index is 0.0763. The van der Waals surface area contributed by atoms with Gasteiger partial charge in [0.2, 0.25) is 0 Å². The molecule has 3 rings (SSSR count). The lowest BCUT2D eigenvalue weighted by Crippen LogP contribution is -2.54. The first kappa shape index (κ1) is 16.0. The molecule has 7 nitrogen and oxygen atoms in total. The summed E-state index contributed by atoms with van der Waals surface area (Å²) in [6, 6.07) is 1.99. The molecule has 2 aliphatic rings. The lowest BCUT2D eigenvalue weighted by atomic mass is 10.0. The van der Waals surface area contributed by atoms with Crippen LogP contribution in [-0.4, -0.2) is 58.0 Å². The Balaban J connectivity index is 1.62. The highest BCUT2D eigenvalue weighted by Gasteiger charge is 2.31. The Bertz CT molecular complexity index is 621. The normalized spacial score (nSPS) is 22.0. The van der Waals surface area contributed by atoms with Crippen LogP contribution in [0.3, 0.4) is 0 Å². The summed E-state index contributed by atoms with van der Waals surface area (Å²) in [4.78, 5) is 35.2. The minimum Gasteiger partial charge on any atom is -0.338 e. The molecule has 23 heavy (non-hydrogen) atoms. The fourth-order valence-electron chi connectivity index (χ4n) is 3.55. The average Bonchev–Trinajstić information content (AvgIpc) is 2.54. The largest absolute Gasteiger partial charge is 0.338 e. The van der Waals surface area contributed by atoms with Crippen LogP contribution < -0.4 is 10.9 Å². The molecule has 0 bridgehead atoms. The van der Waals surface area contributed by atoms with E-state index < -0.39 is 0 Å². The van der Waals surface area contributed by atoms with Crippen LogP contribution in [-0.2, 0) is 0 Å². The molecule has 126 valence electrons. The maximum Gasteiger partial charge on any atom is 0.317 e. The Labute approximate surface area is 136 Å². The quantitative estimate of drug-likeness (QED) is 0.871. The molecule has 1 atom stereocenters. The van der Waals surface area contributed by atoms with Crippen LogP contribution in [0.15, 0.2) is 10.9 Å². The number of nitrogens with zero attached hydrogens (tertiary/aromatic N) is 3. The van der Waals surface area contributed by atoms with Crippen LogP contribution in [0.2, 0.25) is 0 Å². The van der Waals surface area contributed by atoms with Crippen molar-refractivity contribution in [2.45, 2.75) is 45.2 Å². The van der Waals surface area contributed by atoms with Crippen LogP contribution in [0.5, 0.6) is 0 Å². The molecule has 2 aliphatic heterocycles. The van der Waals surface area contributed by atoms with Crippen molar-refractivity contribution in [1.29, 1.82) is 0 Å². The third-order valence-corrected chi connectivity index (χ3v) is 4.88. The molecular weight excluding hydrogens is 294 g/mol. The highest BCUT2D eigenvalue weighted by Crippen LogP contribution is 2.24. The number of H-pyrrole nitrogens is 1. The van der Waals surface area contributed by atoms with Gasteiger partial charge in [-0.3, -0.25) is 9.69 Å². The van der Waals surface area contributed by atoms with Gasteiger partial charge >= 0.3 is 6.03 Å². The number of aryl methyl sites for hydroxylation is 1. The van der Waals surface area contributed by atoms with Crippen molar-refractivity contribution >= 4 is 6.03 Å². The van der Waals surface area contributed by atoms with Crippen LogP contribution in [0.25, 0.3) is 0 Å². The van der Waals surface area contributed by atoms with Gasteiger partial charge in [-0.1, -0.05) is 0 Å². The first-order chi connectivity index (χ1) is 11.0. The summed E-state index contributed by atoms with van der Waals surface area (Å²) in [5.41, 5.74) is 0.648. The van der Waals surface area contributed by atoms with Crippen LogP contribution >= 0.6 is 0 Å². The van der Waals surface area contributed by atoms with Gasteiger partial charge in [0.1, 0.15) is 5.82 Å². The summed E-state index contributed by atoms with van der Waals surface area (Å²) in [6.07, 6.45) is 2.96. The van der Waals surface area contributed by atoms with Gasteiger partial charge in [0, 0.05) is 44.0 Å². The average molecular weight is 319 g/mol. The molecule has 0 aliphatic carbocycles. The second kappa shape index (κ2) is 6.70. The van der Waals surface area contributed by atoms with Crippen molar-refractivity contribution in [1.82, 2.24) is 25.1 Å². The van der Waals surface area contributed by atoms with Gasteiger partial charge in [-0.25, -0.2) is 9.78 Å².